The molecule has 5 heteroatoms. The maximum atomic E-state index is 5.55. The van der Waals surface area contributed by atoms with Crippen LogP contribution >= 0.6 is 0 Å². The molecule has 0 amide bonds. The minimum absolute atomic E-state index is 0.0501. The van der Waals surface area contributed by atoms with E-state index in [4.69, 9.17) is 5.84 Å². The van der Waals surface area contributed by atoms with Gasteiger partial charge in [-0.1, -0.05) is 20.8 Å². The van der Waals surface area contributed by atoms with Gasteiger partial charge in [0.25, 0.3) is 0 Å². The third-order valence-corrected chi connectivity index (χ3v) is 3.78. The minimum atomic E-state index is 0.0501. The SMILES string of the molecule is CCCc1nc(NN)c(C)c(NC(C)(CC)CC)n1. The highest BCUT2D eigenvalue weighted by Gasteiger charge is 2.22. The lowest BCUT2D eigenvalue weighted by Gasteiger charge is -2.30. The molecule has 19 heavy (non-hydrogen) atoms. The van der Waals surface area contributed by atoms with Crippen molar-refractivity contribution >= 4 is 11.6 Å². The Bertz CT molecular complexity index is 413. The molecule has 1 aromatic rings. The molecule has 5 nitrogen and oxygen atoms in total. The van der Waals surface area contributed by atoms with E-state index in [0.717, 1.165) is 42.9 Å². The van der Waals surface area contributed by atoms with Crippen LogP contribution in [-0.4, -0.2) is 15.5 Å². The second-order valence-electron chi connectivity index (χ2n) is 5.25. The number of nitrogens with zero attached hydrogens (tertiary/aromatic N) is 2. The lowest BCUT2D eigenvalue weighted by molar-refractivity contribution is 0.476. The van der Waals surface area contributed by atoms with Crippen molar-refractivity contribution in [1.29, 1.82) is 0 Å². The fourth-order valence-electron chi connectivity index (χ4n) is 1.87. The zero-order valence-electron chi connectivity index (χ0n) is 12.8. The fraction of sp³-hybridized carbons (Fsp3) is 0.714. The predicted molar refractivity (Wildman–Crippen MR) is 81.2 cm³/mol. The summed E-state index contributed by atoms with van der Waals surface area (Å²) in [5.74, 6) is 7.97. The zero-order valence-corrected chi connectivity index (χ0v) is 12.8. The van der Waals surface area contributed by atoms with Crippen LogP contribution < -0.4 is 16.6 Å². The Morgan fingerprint density at radius 1 is 1.11 bits per heavy atom. The Morgan fingerprint density at radius 3 is 2.16 bits per heavy atom. The summed E-state index contributed by atoms with van der Waals surface area (Å²) in [7, 11) is 0. The van der Waals surface area contributed by atoms with Crippen LogP contribution in [0.2, 0.25) is 0 Å². The van der Waals surface area contributed by atoms with Crippen molar-refractivity contribution in [3.8, 4) is 0 Å². The molecule has 0 aliphatic carbocycles. The second kappa shape index (κ2) is 6.70. The molecule has 0 aromatic carbocycles. The van der Waals surface area contributed by atoms with Crippen molar-refractivity contribution in [3.05, 3.63) is 11.4 Å². The number of nitrogens with one attached hydrogen (secondary N) is 2. The van der Waals surface area contributed by atoms with E-state index in [2.05, 4.69) is 48.4 Å². The molecule has 0 spiro atoms. The molecule has 0 fully saturated rings. The largest absolute Gasteiger partial charge is 0.365 e. The van der Waals surface area contributed by atoms with Crippen molar-refractivity contribution in [3.63, 3.8) is 0 Å². The molecule has 0 saturated carbocycles. The monoisotopic (exact) mass is 265 g/mol. The summed E-state index contributed by atoms with van der Waals surface area (Å²) < 4.78 is 0. The third-order valence-electron chi connectivity index (χ3n) is 3.78. The van der Waals surface area contributed by atoms with E-state index in [1.54, 1.807) is 0 Å². The van der Waals surface area contributed by atoms with E-state index in [9.17, 15) is 0 Å². The van der Waals surface area contributed by atoms with E-state index < -0.39 is 0 Å². The van der Waals surface area contributed by atoms with Gasteiger partial charge in [0, 0.05) is 17.5 Å². The Morgan fingerprint density at radius 2 is 1.68 bits per heavy atom. The summed E-state index contributed by atoms with van der Waals surface area (Å²) in [5.41, 5.74) is 3.68. The molecule has 4 N–H and O–H groups in total. The molecule has 0 unspecified atom stereocenters. The molecule has 0 radical (unpaired) electrons. The standard InChI is InChI=1S/C14H27N5/c1-6-9-11-16-12(10(4)13(17-11)19-15)18-14(5,7-2)8-3/h6-9,15H2,1-5H3,(H2,16,17,18,19). The second-order valence-corrected chi connectivity index (χ2v) is 5.25. The molecule has 0 atom stereocenters. The molecular formula is C14H27N5. The van der Waals surface area contributed by atoms with Gasteiger partial charge in [0.05, 0.1) is 0 Å². The first-order valence-electron chi connectivity index (χ1n) is 7.12. The van der Waals surface area contributed by atoms with E-state index in [1.165, 1.54) is 0 Å². The van der Waals surface area contributed by atoms with Gasteiger partial charge in [0.2, 0.25) is 0 Å². The fourth-order valence-corrected chi connectivity index (χ4v) is 1.87. The van der Waals surface area contributed by atoms with Crippen LogP contribution in [0.5, 0.6) is 0 Å². The number of hydrogen-bond acceptors (Lipinski definition) is 5. The van der Waals surface area contributed by atoms with Gasteiger partial charge in [-0.05, 0) is 33.1 Å². The van der Waals surface area contributed by atoms with Crippen LogP contribution in [0.3, 0.4) is 0 Å². The van der Waals surface area contributed by atoms with Crippen LogP contribution in [0.25, 0.3) is 0 Å². The van der Waals surface area contributed by atoms with Crippen molar-refractivity contribution in [2.24, 2.45) is 5.84 Å². The summed E-state index contributed by atoms with van der Waals surface area (Å²) in [6, 6.07) is 0. The summed E-state index contributed by atoms with van der Waals surface area (Å²) >= 11 is 0. The Hall–Kier alpha value is -1.36. The molecule has 0 aliphatic heterocycles. The van der Waals surface area contributed by atoms with Gasteiger partial charge in [-0.15, -0.1) is 0 Å². The highest BCUT2D eigenvalue weighted by Crippen LogP contribution is 2.26. The van der Waals surface area contributed by atoms with Crippen molar-refractivity contribution < 1.29 is 0 Å². The third kappa shape index (κ3) is 3.80. The van der Waals surface area contributed by atoms with Crippen molar-refractivity contribution in [1.82, 2.24) is 9.97 Å². The van der Waals surface area contributed by atoms with E-state index in [0.29, 0.717) is 5.82 Å². The summed E-state index contributed by atoms with van der Waals surface area (Å²) in [5, 5.41) is 3.55. The van der Waals surface area contributed by atoms with E-state index in [1.807, 2.05) is 6.92 Å². The molecule has 1 heterocycles. The summed E-state index contributed by atoms with van der Waals surface area (Å²) in [4.78, 5) is 9.07. The molecular weight excluding hydrogens is 238 g/mol. The van der Waals surface area contributed by atoms with Gasteiger partial charge in [-0.25, -0.2) is 15.8 Å². The van der Waals surface area contributed by atoms with Gasteiger partial charge in [0.15, 0.2) is 0 Å². The van der Waals surface area contributed by atoms with Crippen molar-refractivity contribution in [2.75, 3.05) is 10.7 Å². The number of nitrogen functional groups attached to an aromatic ring is 1. The molecule has 108 valence electrons. The van der Waals surface area contributed by atoms with Gasteiger partial charge < -0.3 is 10.7 Å². The van der Waals surface area contributed by atoms with Crippen molar-refractivity contribution in [2.45, 2.75) is 65.8 Å². The van der Waals surface area contributed by atoms with Crippen LogP contribution in [0, 0.1) is 6.92 Å². The Kier molecular flexibility index (Phi) is 5.54. The maximum absolute atomic E-state index is 5.55. The first-order valence-corrected chi connectivity index (χ1v) is 7.12. The molecule has 0 saturated heterocycles. The predicted octanol–water partition coefficient (Wildman–Crippen LogP) is 3.01. The number of aromatic nitrogens is 2. The topological polar surface area (TPSA) is 75.9 Å². The van der Waals surface area contributed by atoms with Crippen LogP contribution in [0.1, 0.15) is 58.3 Å². The molecule has 0 bridgehead atoms. The highest BCUT2D eigenvalue weighted by atomic mass is 15.3. The van der Waals surface area contributed by atoms with Gasteiger partial charge >= 0.3 is 0 Å². The number of rotatable bonds is 7. The number of hydrazine groups is 1. The quantitative estimate of drug-likeness (QED) is 0.522. The maximum Gasteiger partial charge on any atom is 0.148 e. The lowest BCUT2D eigenvalue weighted by atomic mass is 9.95. The van der Waals surface area contributed by atoms with Crippen LogP contribution in [0.4, 0.5) is 11.6 Å². The zero-order chi connectivity index (χ0) is 14.5. The number of nitrogens with two attached hydrogens (primary N) is 1. The number of aryl methyl sites for hydroxylation is 1. The average Bonchev–Trinajstić information content (AvgIpc) is 2.42. The van der Waals surface area contributed by atoms with E-state index >= 15 is 0 Å². The molecule has 0 aliphatic rings. The van der Waals surface area contributed by atoms with Gasteiger partial charge in [-0.2, -0.15) is 0 Å². The molecule has 1 rings (SSSR count). The Balaban J connectivity index is 3.14. The Labute approximate surface area is 116 Å². The van der Waals surface area contributed by atoms with Gasteiger partial charge in [-0.3, -0.25) is 0 Å². The number of anilines is 2. The smallest absolute Gasteiger partial charge is 0.148 e. The summed E-state index contributed by atoms with van der Waals surface area (Å²) in [6.07, 6.45) is 3.97. The first kappa shape index (κ1) is 15.7. The summed E-state index contributed by atoms with van der Waals surface area (Å²) in [6.45, 7) is 10.7. The lowest BCUT2D eigenvalue weighted by Crippen LogP contribution is -2.34. The van der Waals surface area contributed by atoms with Crippen LogP contribution in [-0.2, 0) is 6.42 Å². The minimum Gasteiger partial charge on any atom is -0.365 e. The number of hydrogen-bond donors (Lipinski definition) is 3. The van der Waals surface area contributed by atoms with Gasteiger partial charge in [0.1, 0.15) is 17.5 Å². The van der Waals surface area contributed by atoms with E-state index in [-0.39, 0.29) is 5.54 Å². The molecule has 1 aromatic heterocycles. The first-order chi connectivity index (χ1) is 8.99. The highest BCUT2D eigenvalue weighted by molar-refractivity contribution is 5.57. The van der Waals surface area contributed by atoms with Crippen LogP contribution in [0.15, 0.2) is 0 Å². The normalized spacial score (nSPS) is 11.5. The average molecular weight is 265 g/mol.